The molecule has 31 heavy (non-hydrogen) atoms. The number of nitrogens with zero attached hydrogens (tertiary/aromatic N) is 3. The van der Waals surface area contributed by atoms with Crippen LogP contribution in [0.1, 0.15) is 12.8 Å². The van der Waals surface area contributed by atoms with Crippen molar-refractivity contribution < 1.29 is 9.18 Å². The zero-order chi connectivity index (χ0) is 21.6. The molecule has 4 rings (SSSR count). The summed E-state index contributed by atoms with van der Waals surface area (Å²) >= 11 is 0. The Bertz CT molecular complexity index is 1170. The smallest absolute Gasteiger partial charge is 0.265 e. The van der Waals surface area contributed by atoms with E-state index >= 15 is 0 Å². The van der Waals surface area contributed by atoms with Crippen LogP contribution in [0.5, 0.6) is 0 Å². The zero-order valence-corrected chi connectivity index (χ0v) is 16.5. The van der Waals surface area contributed by atoms with E-state index in [0.717, 1.165) is 19.0 Å². The van der Waals surface area contributed by atoms with Crippen LogP contribution in [0.2, 0.25) is 0 Å². The largest absolute Gasteiger partial charge is 0.338 e. The van der Waals surface area contributed by atoms with Crippen LogP contribution in [0.15, 0.2) is 72.4 Å². The fourth-order valence-electron chi connectivity index (χ4n) is 2.84. The lowest BCUT2D eigenvalue weighted by molar-refractivity contribution is -0.112. The third-order valence-corrected chi connectivity index (χ3v) is 4.55. The maximum atomic E-state index is 14.1. The second kappa shape index (κ2) is 9.05. The Kier molecular flexibility index (Phi) is 5.85. The average Bonchev–Trinajstić information content (AvgIpc) is 3.59. The van der Waals surface area contributed by atoms with Crippen molar-refractivity contribution in [3.05, 3.63) is 78.3 Å². The number of carbonyl (C=O) groups excluding carboxylic acids is 1. The van der Waals surface area contributed by atoms with Crippen LogP contribution < -0.4 is 16.0 Å². The SMILES string of the molecule is N#CC(=CC1CC1)C(=O)Nc1cccc(Nc2ncc(F)c(Nc3ccccc3)n2)c1. The predicted molar refractivity (Wildman–Crippen MR) is 116 cm³/mol. The molecule has 1 heterocycles. The Hall–Kier alpha value is -4.25. The molecule has 3 aromatic rings. The molecule has 0 radical (unpaired) electrons. The van der Waals surface area contributed by atoms with Gasteiger partial charge in [-0.1, -0.05) is 30.3 Å². The highest BCUT2D eigenvalue weighted by Gasteiger charge is 2.21. The van der Waals surface area contributed by atoms with Gasteiger partial charge in [-0.3, -0.25) is 4.79 Å². The number of anilines is 5. The van der Waals surface area contributed by atoms with Crippen molar-refractivity contribution in [1.29, 1.82) is 5.26 Å². The van der Waals surface area contributed by atoms with Gasteiger partial charge in [0.2, 0.25) is 5.95 Å². The molecule has 0 spiro atoms. The first-order valence-electron chi connectivity index (χ1n) is 9.75. The minimum atomic E-state index is -0.582. The number of hydrogen-bond donors (Lipinski definition) is 3. The normalized spacial score (nSPS) is 13.2. The molecule has 1 aliphatic rings. The monoisotopic (exact) mass is 414 g/mol. The molecule has 1 fully saturated rings. The Balaban J connectivity index is 1.47. The maximum absolute atomic E-state index is 14.1. The number of hydrogen-bond acceptors (Lipinski definition) is 6. The molecule has 0 unspecified atom stereocenters. The number of allylic oxidation sites excluding steroid dienone is 1. The van der Waals surface area contributed by atoms with E-state index in [1.54, 1.807) is 42.5 Å². The van der Waals surface area contributed by atoms with Crippen LogP contribution in [0.25, 0.3) is 0 Å². The molecule has 1 saturated carbocycles. The zero-order valence-electron chi connectivity index (χ0n) is 16.5. The number of para-hydroxylation sites is 1. The minimum absolute atomic E-state index is 0.0389. The summed E-state index contributed by atoms with van der Waals surface area (Å²) in [7, 11) is 0. The molecule has 2 aromatic carbocycles. The van der Waals surface area contributed by atoms with E-state index in [4.69, 9.17) is 0 Å². The van der Waals surface area contributed by atoms with Gasteiger partial charge in [-0.25, -0.2) is 9.37 Å². The second-order valence-corrected chi connectivity index (χ2v) is 7.07. The summed E-state index contributed by atoms with van der Waals surface area (Å²) in [5, 5.41) is 17.8. The summed E-state index contributed by atoms with van der Waals surface area (Å²) in [6.07, 6.45) is 4.81. The van der Waals surface area contributed by atoms with Crippen molar-refractivity contribution in [2.45, 2.75) is 12.8 Å². The Morgan fingerprint density at radius 2 is 1.81 bits per heavy atom. The van der Waals surface area contributed by atoms with Crippen LogP contribution in [0, 0.1) is 23.1 Å². The highest BCUT2D eigenvalue weighted by molar-refractivity contribution is 6.06. The molecule has 0 bridgehead atoms. The Labute approximate surface area is 178 Å². The highest BCUT2D eigenvalue weighted by Crippen LogP contribution is 2.31. The summed E-state index contributed by atoms with van der Waals surface area (Å²) in [6, 6.07) is 18.0. The fourth-order valence-corrected chi connectivity index (χ4v) is 2.84. The Morgan fingerprint density at radius 3 is 2.55 bits per heavy atom. The molecule has 0 saturated heterocycles. The standard InChI is InChI=1S/C23H19FN6O/c24-20-14-26-23(30-21(20)27-17-5-2-1-3-6-17)29-19-8-4-7-18(12-19)28-22(31)16(13-25)11-15-9-10-15/h1-8,11-12,14-15H,9-10H2,(H,28,31)(H2,26,27,29,30). The van der Waals surface area contributed by atoms with Crippen LogP contribution in [0.3, 0.4) is 0 Å². The lowest BCUT2D eigenvalue weighted by Gasteiger charge is -2.11. The number of nitrogens with one attached hydrogen (secondary N) is 3. The maximum Gasteiger partial charge on any atom is 0.265 e. The molecule has 1 amide bonds. The quantitative estimate of drug-likeness (QED) is 0.375. The van der Waals surface area contributed by atoms with E-state index in [9.17, 15) is 14.4 Å². The summed E-state index contributed by atoms with van der Waals surface area (Å²) in [4.78, 5) is 20.5. The summed E-state index contributed by atoms with van der Waals surface area (Å²) in [5.41, 5.74) is 1.92. The number of aromatic nitrogens is 2. The number of benzene rings is 2. The van der Waals surface area contributed by atoms with Gasteiger partial charge in [0.05, 0.1) is 6.20 Å². The third-order valence-electron chi connectivity index (χ3n) is 4.55. The molecule has 8 heteroatoms. The molecular formula is C23H19FN6O. The first-order chi connectivity index (χ1) is 15.1. The second-order valence-electron chi connectivity index (χ2n) is 7.07. The predicted octanol–water partition coefficient (Wildman–Crippen LogP) is 4.90. The molecule has 7 nitrogen and oxygen atoms in total. The van der Waals surface area contributed by atoms with Gasteiger partial charge in [-0.2, -0.15) is 10.2 Å². The first kappa shape index (κ1) is 20.0. The van der Waals surface area contributed by atoms with E-state index in [1.165, 1.54) is 0 Å². The van der Waals surface area contributed by atoms with Crippen molar-refractivity contribution in [2.24, 2.45) is 5.92 Å². The van der Waals surface area contributed by atoms with Gasteiger partial charge < -0.3 is 16.0 Å². The molecule has 1 aliphatic carbocycles. The van der Waals surface area contributed by atoms with Crippen LogP contribution in [0.4, 0.5) is 33.2 Å². The van der Waals surface area contributed by atoms with Crippen molar-refractivity contribution in [2.75, 3.05) is 16.0 Å². The Morgan fingerprint density at radius 1 is 1.06 bits per heavy atom. The van der Waals surface area contributed by atoms with E-state index in [2.05, 4.69) is 25.9 Å². The lowest BCUT2D eigenvalue weighted by Crippen LogP contribution is -2.13. The summed E-state index contributed by atoms with van der Waals surface area (Å²) in [6.45, 7) is 0. The number of carbonyl (C=O) groups is 1. The van der Waals surface area contributed by atoms with Gasteiger partial charge >= 0.3 is 0 Å². The van der Waals surface area contributed by atoms with E-state index in [0.29, 0.717) is 23.0 Å². The van der Waals surface area contributed by atoms with Gasteiger partial charge in [0.1, 0.15) is 11.6 Å². The van der Waals surface area contributed by atoms with Crippen molar-refractivity contribution in [3.8, 4) is 6.07 Å². The summed E-state index contributed by atoms with van der Waals surface area (Å²) in [5.74, 6) is -0.477. The lowest BCUT2D eigenvalue weighted by atomic mass is 10.2. The molecular weight excluding hydrogens is 395 g/mol. The third kappa shape index (κ3) is 5.42. The van der Waals surface area contributed by atoms with E-state index in [1.807, 2.05) is 24.3 Å². The molecule has 0 aliphatic heterocycles. The van der Waals surface area contributed by atoms with Gasteiger partial charge in [-0.05, 0) is 49.1 Å². The fraction of sp³-hybridized carbons (Fsp3) is 0.130. The van der Waals surface area contributed by atoms with Crippen molar-refractivity contribution in [1.82, 2.24) is 9.97 Å². The van der Waals surface area contributed by atoms with Crippen molar-refractivity contribution >= 4 is 34.7 Å². The molecule has 1 aromatic heterocycles. The topological polar surface area (TPSA) is 103 Å². The number of nitriles is 1. The highest BCUT2D eigenvalue weighted by atomic mass is 19.1. The number of halogens is 1. The van der Waals surface area contributed by atoms with Crippen LogP contribution >= 0.6 is 0 Å². The van der Waals surface area contributed by atoms with E-state index < -0.39 is 11.7 Å². The van der Waals surface area contributed by atoms with Gasteiger partial charge in [0.25, 0.3) is 5.91 Å². The number of rotatable bonds is 7. The van der Waals surface area contributed by atoms with Crippen LogP contribution in [-0.2, 0) is 4.79 Å². The van der Waals surface area contributed by atoms with Crippen molar-refractivity contribution in [3.63, 3.8) is 0 Å². The summed E-state index contributed by atoms with van der Waals surface area (Å²) < 4.78 is 14.1. The molecule has 3 N–H and O–H groups in total. The first-order valence-corrected chi connectivity index (χ1v) is 9.75. The van der Waals surface area contributed by atoms with Crippen LogP contribution in [-0.4, -0.2) is 15.9 Å². The van der Waals surface area contributed by atoms with Gasteiger partial charge in [0, 0.05) is 17.1 Å². The molecule has 0 atom stereocenters. The number of amides is 1. The molecule has 154 valence electrons. The minimum Gasteiger partial charge on any atom is -0.338 e. The average molecular weight is 414 g/mol. The van der Waals surface area contributed by atoms with Gasteiger partial charge in [-0.15, -0.1) is 0 Å². The van der Waals surface area contributed by atoms with Gasteiger partial charge in [0.15, 0.2) is 11.6 Å². The van der Waals surface area contributed by atoms with E-state index in [-0.39, 0.29) is 17.3 Å².